The SMILES string of the molecule is CCCCCNc1cc(C)nc(N(CC)C2CCS(=O)(=O)C2)n1. The Morgan fingerprint density at radius 3 is 2.70 bits per heavy atom. The Morgan fingerprint density at radius 1 is 1.30 bits per heavy atom. The van der Waals surface area contributed by atoms with E-state index in [0.29, 0.717) is 18.9 Å². The van der Waals surface area contributed by atoms with Gasteiger partial charge in [-0.1, -0.05) is 19.8 Å². The lowest BCUT2D eigenvalue weighted by Gasteiger charge is -2.27. The van der Waals surface area contributed by atoms with Crippen LogP contribution in [0.15, 0.2) is 6.07 Å². The summed E-state index contributed by atoms with van der Waals surface area (Å²) in [5.41, 5.74) is 0.896. The molecule has 1 saturated heterocycles. The van der Waals surface area contributed by atoms with E-state index in [-0.39, 0.29) is 17.5 Å². The predicted octanol–water partition coefficient (Wildman–Crippen LogP) is 2.40. The highest BCUT2D eigenvalue weighted by atomic mass is 32.2. The van der Waals surface area contributed by atoms with Gasteiger partial charge in [-0.2, -0.15) is 4.98 Å². The molecule has 130 valence electrons. The maximum absolute atomic E-state index is 11.7. The molecule has 2 rings (SSSR count). The molecule has 7 heteroatoms. The fourth-order valence-electron chi connectivity index (χ4n) is 2.95. The van der Waals surface area contributed by atoms with E-state index in [4.69, 9.17) is 0 Å². The highest BCUT2D eigenvalue weighted by molar-refractivity contribution is 7.91. The maximum Gasteiger partial charge on any atom is 0.227 e. The Labute approximate surface area is 139 Å². The number of sulfone groups is 1. The van der Waals surface area contributed by atoms with Crippen LogP contribution >= 0.6 is 0 Å². The van der Waals surface area contributed by atoms with Gasteiger partial charge in [0, 0.05) is 30.9 Å². The number of hydrogen-bond acceptors (Lipinski definition) is 6. The van der Waals surface area contributed by atoms with Crippen LogP contribution in [0.5, 0.6) is 0 Å². The first-order valence-corrected chi connectivity index (χ1v) is 10.3. The Morgan fingerprint density at radius 2 is 2.09 bits per heavy atom. The maximum atomic E-state index is 11.7. The summed E-state index contributed by atoms with van der Waals surface area (Å²) in [6.07, 6.45) is 4.17. The first kappa shape index (κ1) is 18.0. The van der Waals surface area contributed by atoms with Crippen LogP contribution in [-0.2, 0) is 9.84 Å². The zero-order valence-corrected chi connectivity index (χ0v) is 15.2. The second kappa shape index (κ2) is 7.95. The van der Waals surface area contributed by atoms with Crippen molar-refractivity contribution in [2.45, 2.75) is 52.5 Å². The number of nitrogens with one attached hydrogen (secondary N) is 1. The van der Waals surface area contributed by atoms with E-state index in [9.17, 15) is 8.42 Å². The minimum Gasteiger partial charge on any atom is -0.370 e. The zero-order valence-electron chi connectivity index (χ0n) is 14.4. The average Bonchev–Trinajstić information content (AvgIpc) is 2.84. The van der Waals surface area contributed by atoms with Gasteiger partial charge >= 0.3 is 0 Å². The molecule has 1 aliphatic heterocycles. The van der Waals surface area contributed by atoms with Crippen molar-refractivity contribution >= 4 is 21.6 Å². The number of aromatic nitrogens is 2. The van der Waals surface area contributed by atoms with Crippen molar-refractivity contribution in [2.75, 3.05) is 34.8 Å². The lowest BCUT2D eigenvalue weighted by atomic mass is 10.2. The molecule has 0 aromatic carbocycles. The van der Waals surface area contributed by atoms with E-state index >= 15 is 0 Å². The molecule has 0 radical (unpaired) electrons. The van der Waals surface area contributed by atoms with Gasteiger partial charge in [-0.3, -0.25) is 0 Å². The van der Waals surface area contributed by atoms with Crippen LogP contribution in [0.25, 0.3) is 0 Å². The van der Waals surface area contributed by atoms with Gasteiger partial charge in [0.15, 0.2) is 9.84 Å². The zero-order chi connectivity index (χ0) is 16.9. The molecule has 1 unspecified atom stereocenters. The van der Waals surface area contributed by atoms with Gasteiger partial charge in [-0.25, -0.2) is 13.4 Å². The summed E-state index contributed by atoms with van der Waals surface area (Å²) >= 11 is 0. The van der Waals surface area contributed by atoms with Crippen molar-refractivity contribution < 1.29 is 8.42 Å². The Balaban J connectivity index is 2.12. The summed E-state index contributed by atoms with van der Waals surface area (Å²) < 4.78 is 23.5. The second-order valence-electron chi connectivity index (χ2n) is 6.17. The van der Waals surface area contributed by atoms with E-state index in [1.54, 1.807) is 0 Å². The first-order chi connectivity index (χ1) is 10.9. The van der Waals surface area contributed by atoms with Gasteiger partial charge in [0.05, 0.1) is 11.5 Å². The fraction of sp³-hybridized carbons (Fsp3) is 0.750. The van der Waals surface area contributed by atoms with Gasteiger partial charge in [-0.05, 0) is 26.7 Å². The third kappa shape index (κ3) is 5.06. The largest absolute Gasteiger partial charge is 0.370 e. The molecule has 1 N–H and O–H groups in total. The predicted molar refractivity (Wildman–Crippen MR) is 94.9 cm³/mol. The van der Waals surface area contributed by atoms with Gasteiger partial charge in [-0.15, -0.1) is 0 Å². The summed E-state index contributed by atoms with van der Waals surface area (Å²) in [4.78, 5) is 11.1. The molecule has 1 aliphatic rings. The van der Waals surface area contributed by atoms with Crippen molar-refractivity contribution in [1.29, 1.82) is 0 Å². The van der Waals surface area contributed by atoms with E-state index in [0.717, 1.165) is 24.5 Å². The summed E-state index contributed by atoms with van der Waals surface area (Å²) in [5.74, 6) is 1.93. The second-order valence-corrected chi connectivity index (χ2v) is 8.40. The quantitative estimate of drug-likeness (QED) is 0.733. The molecule has 1 aromatic heterocycles. The molecule has 1 atom stereocenters. The van der Waals surface area contributed by atoms with Gasteiger partial charge < -0.3 is 10.2 Å². The lowest BCUT2D eigenvalue weighted by Crippen LogP contribution is -2.37. The summed E-state index contributed by atoms with van der Waals surface area (Å²) in [5, 5.41) is 3.35. The standard InChI is InChI=1S/C16H28N4O2S/c1-4-6-7-9-17-15-11-13(3)18-16(19-15)20(5-2)14-8-10-23(21,22)12-14/h11,14H,4-10,12H2,1-3H3,(H,17,18,19). The lowest BCUT2D eigenvalue weighted by molar-refractivity contribution is 0.599. The summed E-state index contributed by atoms with van der Waals surface area (Å²) in [7, 11) is -2.91. The normalized spacial score (nSPS) is 19.7. The van der Waals surface area contributed by atoms with Crippen molar-refractivity contribution in [3.8, 4) is 0 Å². The molecular weight excluding hydrogens is 312 g/mol. The van der Waals surface area contributed by atoms with Crippen LogP contribution in [0.2, 0.25) is 0 Å². The highest BCUT2D eigenvalue weighted by Crippen LogP contribution is 2.23. The molecule has 0 amide bonds. The van der Waals surface area contributed by atoms with E-state index in [2.05, 4.69) is 22.2 Å². The van der Waals surface area contributed by atoms with Gasteiger partial charge in [0.1, 0.15) is 5.82 Å². The molecule has 2 heterocycles. The molecule has 23 heavy (non-hydrogen) atoms. The van der Waals surface area contributed by atoms with Crippen molar-refractivity contribution in [2.24, 2.45) is 0 Å². The van der Waals surface area contributed by atoms with Crippen LogP contribution in [-0.4, -0.2) is 49.0 Å². The number of hydrogen-bond donors (Lipinski definition) is 1. The third-order valence-corrected chi connectivity index (χ3v) is 5.93. The Kier molecular flexibility index (Phi) is 6.21. The molecule has 0 spiro atoms. The van der Waals surface area contributed by atoms with Crippen molar-refractivity contribution in [1.82, 2.24) is 9.97 Å². The third-order valence-electron chi connectivity index (χ3n) is 4.18. The van der Waals surface area contributed by atoms with E-state index < -0.39 is 9.84 Å². The van der Waals surface area contributed by atoms with Gasteiger partial charge in [0.25, 0.3) is 0 Å². The minimum atomic E-state index is -2.91. The van der Waals surface area contributed by atoms with Gasteiger partial charge in [0.2, 0.25) is 5.95 Å². The number of nitrogens with zero attached hydrogens (tertiary/aromatic N) is 3. The van der Waals surface area contributed by atoms with Crippen molar-refractivity contribution in [3.05, 3.63) is 11.8 Å². The summed E-state index contributed by atoms with van der Waals surface area (Å²) in [6, 6.07) is 1.93. The number of unbranched alkanes of at least 4 members (excludes halogenated alkanes) is 2. The smallest absolute Gasteiger partial charge is 0.227 e. The fourth-order valence-corrected chi connectivity index (χ4v) is 4.68. The Bertz CT molecular complexity index is 619. The molecule has 0 saturated carbocycles. The van der Waals surface area contributed by atoms with E-state index in [1.807, 2.05) is 24.8 Å². The topological polar surface area (TPSA) is 75.2 Å². The number of anilines is 2. The monoisotopic (exact) mass is 340 g/mol. The number of aryl methyl sites for hydroxylation is 1. The molecular formula is C16H28N4O2S. The van der Waals surface area contributed by atoms with Crippen LogP contribution in [0.1, 0.15) is 45.2 Å². The van der Waals surface area contributed by atoms with E-state index in [1.165, 1.54) is 12.8 Å². The molecule has 0 bridgehead atoms. The summed E-state index contributed by atoms with van der Waals surface area (Å²) in [6.45, 7) is 7.75. The molecule has 6 nitrogen and oxygen atoms in total. The van der Waals surface area contributed by atoms with Crippen LogP contribution < -0.4 is 10.2 Å². The molecule has 1 aromatic rings. The molecule has 1 fully saturated rings. The minimum absolute atomic E-state index is 0.0141. The van der Waals surface area contributed by atoms with Crippen LogP contribution in [0.3, 0.4) is 0 Å². The van der Waals surface area contributed by atoms with Crippen LogP contribution in [0, 0.1) is 6.92 Å². The first-order valence-electron chi connectivity index (χ1n) is 8.51. The average molecular weight is 340 g/mol. The van der Waals surface area contributed by atoms with Crippen molar-refractivity contribution in [3.63, 3.8) is 0 Å². The number of rotatable bonds is 8. The Hall–Kier alpha value is -1.37. The van der Waals surface area contributed by atoms with Crippen LogP contribution in [0.4, 0.5) is 11.8 Å². The molecule has 0 aliphatic carbocycles. The highest BCUT2D eigenvalue weighted by Gasteiger charge is 2.33.